The zero-order chi connectivity index (χ0) is 28.5. The summed E-state index contributed by atoms with van der Waals surface area (Å²) in [5.41, 5.74) is -2.43. The van der Waals surface area contributed by atoms with Gasteiger partial charge in [-0.1, -0.05) is 32.4 Å². The van der Waals surface area contributed by atoms with Gasteiger partial charge in [-0.2, -0.15) is 14.2 Å². The lowest BCUT2D eigenvalue weighted by Crippen LogP contribution is -2.32. The summed E-state index contributed by atoms with van der Waals surface area (Å²) < 4.78 is 6.60. The summed E-state index contributed by atoms with van der Waals surface area (Å²) in [5, 5.41) is 18.5. The third kappa shape index (κ3) is 6.05. The molecule has 0 aliphatic rings. The predicted molar refractivity (Wildman–Crippen MR) is 147 cm³/mol. The minimum absolute atomic E-state index is 0.0268. The van der Waals surface area contributed by atoms with Crippen LogP contribution in [0.4, 0.5) is 5.82 Å². The van der Waals surface area contributed by atoms with Gasteiger partial charge < -0.3 is 15.0 Å². The van der Waals surface area contributed by atoms with Gasteiger partial charge in [0.15, 0.2) is 0 Å². The highest BCUT2D eigenvalue weighted by atomic mass is 35.5. The molecule has 2 N–H and O–H groups in total. The zero-order valence-corrected chi connectivity index (χ0v) is 23.3. The average Bonchev–Trinajstić information content (AvgIpc) is 3.63. The van der Waals surface area contributed by atoms with Crippen molar-refractivity contribution in [2.45, 2.75) is 33.9 Å². The zero-order valence-electron chi connectivity index (χ0n) is 20.9. The quantitative estimate of drug-likeness (QED) is 0.215. The molecule has 14 heteroatoms. The van der Waals surface area contributed by atoms with E-state index in [9.17, 15) is 29.1 Å². The molecule has 0 bridgehead atoms. The summed E-state index contributed by atoms with van der Waals surface area (Å²) in [6.07, 6.45) is 1.27. The Morgan fingerprint density at radius 3 is 2.46 bits per heavy atom. The first-order chi connectivity index (χ1) is 18.4. The summed E-state index contributed by atoms with van der Waals surface area (Å²) in [7, 11) is 0. The highest BCUT2D eigenvalue weighted by Gasteiger charge is 2.30. The topological polar surface area (TPSA) is 153 Å². The number of Topliss-reactive ketones (excluding diaryl/α,β-unsaturated/α-hetero) is 2. The first-order valence-corrected chi connectivity index (χ1v) is 13.5. The average molecular weight is 588 g/mol. The van der Waals surface area contributed by atoms with Crippen molar-refractivity contribution < 1.29 is 24.3 Å². The maximum absolute atomic E-state index is 13.3. The van der Waals surface area contributed by atoms with E-state index in [1.165, 1.54) is 35.7 Å². The monoisotopic (exact) mass is 587 g/mol. The molecule has 0 fully saturated rings. The van der Waals surface area contributed by atoms with Crippen LogP contribution >= 0.6 is 34.5 Å². The second kappa shape index (κ2) is 11.0. The number of aromatic nitrogens is 4. The number of carboxylic acids is 1. The number of nitrogens with one attached hydrogen (secondary N) is 1. The van der Waals surface area contributed by atoms with Crippen LogP contribution < -0.4 is 10.9 Å². The number of pyridine rings is 1. The molecule has 0 unspecified atom stereocenters. The number of carbonyl (C=O) groups is 4. The van der Waals surface area contributed by atoms with E-state index in [0.717, 1.165) is 25.7 Å². The van der Waals surface area contributed by atoms with Gasteiger partial charge in [-0.25, -0.2) is 4.79 Å². The number of hydrogen-bond acceptors (Lipinski definition) is 10. The maximum Gasteiger partial charge on any atom is 0.377 e. The molecule has 4 aromatic heterocycles. The van der Waals surface area contributed by atoms with Gasteiger partial charge in [0.2, 0.25) is 5.78 Å². The van der Waals surface area contributed by atoms with Crippen LogP contribution in [0.2, 0.25) is 4.34 Å². The summed E-state index contributed by atoms with van der Waals surface area (Å²) in [4.78, 5) is 64.2. The number of ketones is 2. The molecular formula is C25H22ClN5O6S2. The minimum atomic E-state index is -1.85. The molecule has 0 atom stereocenters. The summed E-state index contributed by atoms with van der Waals surface area (Å²) >= 11 is 8.43. The Bertz CT molecular complexity index is 1650. The molecule has 0 spiro atoms. The smallest absolute Gasteiger partial charge is 0.377 e. The van der Waals surface area contributed by atoms with E-state index in [-0.39, 0.29) is 28.7 Å². The molecule has 0 saturated heterocycles. The van der Waals surface area contributed by atoms with Gasteiger partial charge in [-0.15, -0.1) is 11.3 Å². The molecule has 4 heterocycles. The standard InChI is InChI=1S/C25H22ClN5O6S2/c1-25(2,3)24(37)31-19(27-11-13-4-5-18(26)39-13)10-16(28-31)14-6-8-30(12-17(32)15-7-9-38-29-15)22(34)20(14)21(33)23(35)36/h4-10,27H,11-12H2,1-3H3,(H,35,36). The van der Waals surface area contributed by atoms with Crippen molar-refractivity contribution in [2.24, 2.45) is 5.41 Å². The van der Waals surface area contributed by atoms with Crippen molar-refractivity contribution in [1.82, 2.24) is 18.7 Å². The number of carbonyl (C=O) groups excluding carboxylic acids is 3. The van der Waals surface area contributed by atoms with E-state index in [1.807, 2.05) is 6.07 Å². The molecule has 0 saturated carbocycles. The first-order valence-electron chi connectivity index (χ1n) is 11.4. The van der Waals surface area contributed by atoms with Crippen LogP contribution in [0.25, 0.3) is 11.3 Å². The lowest BCUT2D eigenvalue weighted by molar-refractivity contribution is -0.131. The van der Waals surface area contributed by atoms with E-state index < -0.39 is 40.6 Å². The molecule has 202 valence electrons. The molecule has 0 aromatic carbocycles. The number of nitrogens with zero attached hydrogens (tertiary/aromatic N) is 4. The summed E-state index contributed by atoms with van der Waals surface area (Å²) in [5.74, 6) is -3.92. The first kappa shape index (κ1) is 28.1. The largest absolute Gasteiger partial charge is 0.475 e. The second-order valence-corrected chi connectivity index (χ2v) is 11.9. The number of hydrogen-bond donors (Lipinski definition) is 2. The van der Waals surface area contributed by atoms with Crippen molar-refractivity contribution in [3.05, 3.63) is 72.7 Å². The van der Waals surface area contributed by atoms with Crippen LogP contribution in [-0.4, -0.2) is 47.3 Å². The van der Waals surface area contributed by atoms with Crippen molar-refractivity contribution in [2.75, 3.05) is 5.32 Å². The van der Waals surface area contributed by atoms with Gasteiger partial charge in [0, 0.05) is 33.5 Å². The predicted octanol–water partition coefficient (Wildman–Crippen LogP) is 4.33. The fraction of sp³-hybridized carbons (Fsp3) is 0.240. The Balaban J connectivity index is 1.80. The Labute approximate surface area is 234 Å². The van der Waals surface area contributed by atoms with Crippen LogP contribution in [0.3, 0.4) is 0 Å². The van der Waals surface area contributed by atoms with E-state index in [4.69, 9.17) is 11.6 Å². The van der Waals surface area contributed by atoms with Crippen LogP contribution in [0.5, 0.6) is 0 Å². The van der Waals surface area contributed by atoms with Gasteiger partial charge in [0.05, 0.1) is 23.1 Å². The van der Waals surface area contributed by atoms with Crippen molar-refractivity contribution in [1.29, 1.82) is 0 Å². The van der Waals surface area contributed by atoms with Gasteiger partial charge in [-0.05, 0) is 35.8 Å². The molecule has 0 radical (unpaired) electrons. The molecule has 39 heavy (non-hydrogen) atoms. The summed E-state index contributed by atoms with van der Waals surface area (Å²) in [6, 6.07) is 7.83. The number of carboxylic acid groups (broad SMARTS) is 1. The fourth-order valence-electron chi connectivity index (χ4n) is 3.57. The number of aliphatic carboxylic acids is 1. The Morgan fingerprint density at radius 2 is 1.87 bits per heavy atom. The third-order valence-corrected chi connectivity index (χ3v) is 7.31. The second-order valence-electron chi connectivity index (χ2n) is 9.42. The van der Waals surface area contributed by atoms with Crippen LogP contribution in [0.1, 0.15) is 51.3 Å². The van der Waals surface area contributed by atoms with E-state index in [0.29, 0.717) is 10.9 Å². The number of rotatable bonds is 9. The van der Waals surface area contributed by atoms with Gasteiger partial charge in [0.25, 0.3) is 17.2 Å². The Morgan fingerprint density at radius 1 is 1.13 bits per heavy atom. The highest BCUT2D eigenvalue weighted by Crippen LogP contribution is 2.29. The fourth-order valence-corrected chi connectivity index (χ4v) is 5.12. The van der Waals surface area contributed by atoms with Crippen molar-refractivity contribution in [3.8, 4) is 11.3 Å². The molecular weight excluding hydrogens is 566 g/mol. The van der Waals surface area contributed by atoms with Gasteiger partial charge in [0.1, 0.15) is 17.1 Å². The van der Waals surface area contributed by atoms with Crippen molar-refractivity contribution >= 4 is 63.7 Å². The Hall–Kier alpha value is -3.94. The number of anilines is 1. The number of thiophene rings is 1. The van der Waals surface area contributed by atoms with E-state index in [1.54, 1.807) is 32.2 Å². The molecule has 11 nitrogen and oxygen atoms in total. The van der Waals surface area contributed by atoms with Crippen LogP contribution in [-0.2, 0) is 17.9 Å². The lowest BCUT2D eigenvalue weighted by atomic mass is 9.96. The maximum atomic E-state index is 13.3. The third-order valence-electron chi connectivity index (χ3n) is 5.52. The SMILES string of the molecule is CC(C)(C)C(=O)n1nc(-c2ccn(CC(=O)c3ccsn3)c(=O)c2C(=O)C(=O)O)cc1NCc1ccc(Cl)s1. The van der Waals surface area contributed by atoms with Crippen molar-refractivity contribution in [3.63, 3.8) is 0 Å². The van der Waals surface area contributed by atoms with E-state index in [2.05, 4.69) is 14.8 Å². The van der Waals surface area contributed by atoms with Gasteiger partial charge >= 0.3 is 5.97 Å². The van der Waals surface area contributed by atoms with Crippen LogP contribution in [0, 0.1) is 5.41 Å². The molecule has 0 amide bonds. The molecule has 4 aromatic rings. The Kier molecular flexibility index (Phi) is 7.95. The van der Waals surface area contributed by atoms with E-state index >= 15 is 0 Å². The minimum Gasteiger partial charge on any atom is -0.475 e. The lowest BCUT2D eigenvalue weighted by Gasteiger charge is -2.18. The van der Waals surface area contributed by atoms with Crippen LogP contribution in [0.15, 0.2) is 46.7 Å². The highest BCUT2D eigenvalue weighted by molar-refractivity contribution is 7.16. The van der Waals surface area contributed by atoms with Gasteiger partial charge in [-0.3, -0.25) is 19.2 Å². The number of halogens is 1. The normalized spacial score (nSPS) is 11.4. The molecule has 0 aliphatic carbocycles. The molecule has 0 aliphatic heterocycles. The molecule has 4 rings (SSSR count). The summed E-state index contributed by atoms with van der Waals surface area (Å²) in [6.45, 7) is 4.98.